The van der Waals surface area contributed by atoms with Crippen molar-refractivity contribution in [1.29, 1.82) is 0 Å². The van der Waals surface area contributed by atoms with E-state index in [4.69, 9.17) is 5.11 Å². The number of ether oxygens (including phenoxy) is 1. The van der Waals surface area contributed by atoms with Gasteiger partial charge in [0.25, 0.3) is 6.47 Å². The molecule has 0 aliphatic heterocycles. The highest BCUT2D eigenvalue weighted by Crippen LogP contribution is 2.18. The second kappa shape index (κ2) is 32.5. The molecule has 0 fully saturated rings. The zero-order valence-corrected chi connectivity index (χ0v) is 40.7. The Labute approximate surface area is 420 Å². The summed E-state index contributed by atoms with van der Waals surface area (Å²) in [6.45, 7) is -0.393. The summed E-state index contributed by atoms with van der Waals surface area (Å²) < 4.78 is 4.62. The van der Waals surface area contributed by atoms with Gasteiger partial charge in [0.2, 0.25) is 23.6 Å². The van der Waals surface area contributed by atoms with Gasteiger partial charge in [0, 0.05) is 57.4 Å². The first-order valence-electron chi connectivity index (χ1n) is 22.8. The molecule has 0 saturated carbocycles. The number of likely N-dealkylation sites (N-methyl/N-ethyl adjacent to an activating group) is 2. The van der Waals surface area contributed by atoms with Crippen molar-refractivity contribution in [3.8, 4) is 0 Å². The van der Waals surface area contributed by atoms with Crippen molar-refractivity contribution in [2.45, 2.75) is 113 Å². The smallest absolute Gasteiger partial charge is 0.327 e. The summed E-state index contributed by atoms with van der Waals surface area (Å²) in [7, 11) is 2.54. The van der Waals surface area contributed by atoms with Gasteiger partial charge in [-0.15, -0.1) is 0 Å². The number of carboxylic acid groups (broad SMARTS) is 4. The van der Waals surface area contributed by atoms with Gasteiger partial charge in [0.05, 0.1) is 18.9 Å². The molecular formula is C47H63N7O17S. The van der Waals surface area contributed by atoms with Gasteiger partial charge in [0.1, 0.15) is 30.0 Å². The van der Waals surface area contributed by atoms with Crippen LogP contribution in [0.5, 0.6) is 0 Å². The second-order valence-electron chi connectivity index (χ2n) is 16.5. The van der Waals surface area contributed by atoms with Crippen molar-refractivity contribution in [1.82, 2.24) is 36.8 Å². The van der Waals surface area contributed by atoms with E-state index in [0.717, 1.165) is 11.9 Å². The summed E-state index contributed by atoms with van der Waals surface area (Å²) >= 11 is 3.90. The second-order valence-corrected chi connectivity index (χ2v) is 16.9. The summed E-state index contributed by atoms with van der Waals surface area (Å²) in [4.78, 5) is 151. The Morgan fingerprint density at radius 1 is 0.653 bits per heavy atom. The lowest BCUT2D eigenvalue weighted by Crippen LogP contribution is -2.58. The number of carbonyl (C=O) groups excluding carboxylic acids is 8. The number of hydrogen-bond donors (Lipinski definition) is 11. The molecule has 0 radical (unpaired) electrons. The molecule has 10 N–H and O–H groups in total. The Balaban J connectivity index is 2.14. The molecule has 0 heterocycles. The van der Waals surface area contributed by atoms with Gasteiger partial charge in [-0.2, -0.15) is 12.6 Å². The highest BCUT2D eigenvalue weighted by molar-refractivity contribution is 7.80. The number of nitrogens with one attached hydrogen (secondary N) is 6. The Kier molecular flexibility index (Phi) is 27.4. The Bertz CT molecular complexity index is 2190. The van der Waals surface area contributed by atoms with Crippen LogP contribution in [0.15, 0.2) is 60.7 Å². The molecule has 25 heteroatoms. The monoisotopic (exact) mass is 1030 g/mol. The van der Waals surface area contributed by atoms with Gasteiger partial charge in [-0.3, -0.25) is 43.2 Å². The van der Waals surface area contributed by atoms with Crippen molar-refractivity contribution in [3.63, 3.8) is 0 Å². The Morgan fingerprint density at radius 2 is 1.25 bits per heavy atom. The van der Waals surface area contributed by atoms with Crippen molar-refractivity contribution < 1.29 is 82.7 Å². The normalized spacial score (nSPS) is 13.7. The number of benzene rings is 2. The van der Waals surface area contributed by atoms with E-state index in [9.17, 15) is 72.9 Å². The maximum Gasteiger partial charge on any atom is 0.327 e. The lowest BCUT2D eigenvalue weighted by molar-refractivity contribution is -0.147. The first-order chi connectivity index (χ1) is 34.2. The number of amides is 6. The number of nitrogens with zero attached hydrogens (tertiary/aromatic N) is 1. The SMILES string of the molecule is CN[C@@H](CNC(=O)[C@@H](CC(=O)[C@H](Cc1ccccc1)NC(=O)CCCCC(=O)CC[C@H](NC(=O)N[C@@H](CCC(=O)O)OC=O)C(=O)O)Cc1ccccc1)C(=O)N(C)[C@@H](CC(=O)O)C(=O)N[C@@H](CS)C(=O)O. The van der Waals surface area contributed by atoms with E-state index < -0.39 is 115 Å². The van der Waals surface area contributed by atoms with Crippen LogP contribution in [0.25, 0.3) is 0 Å². The fourth-order valence-corrected chi connectivity index (χ4v) is 7.37. The zero-order chi connectivity index (χ0) is 53.8. The zero-order valence-electron chi connectivity index (χ0n) is 39.8. The minimum absolute atomic E-state index is 0.00986. The molecule has 0 spiro atoms. The first kappa shape index (κ1) is 60.7. The molecule has 2 aromatic carbocycles. The largest absolute Gasteiger partial charge is 0.481 e. The number of hydrogen-bond acceptors (Lipinski definition) is 15. The van der Waals surface area contributed by atoms with E-state index in [2.05, 4.69) is 49.3 Å². The van der Waals surface area contributed by atoms with Crippen LogP contribution in [-0.2, 0) is 70.3 Å². The summed E-state index contributed by atoms with van der Waals surface area (Å²) in [6, 6.07) is 9.48. The summed E-state index contributed by atoms with van der Waals surface area (Å²) in [6.07, 6.45) is -3.52. The van der Waals surface area contributed by atoms with Crippen LogP contribution in [0, 0.1) is 5.92 Å². The highest BCUT2D eigenvalue weighted by atomic mass is 32.1. The van der Waals surface area contributed by atoms with Gasteiger partial charge in [-0.25, -0.2) is 14.4 Å². The average molecular weight is 1030 g/mol. The molecule has 6 amide bonds. The molecule has 0 saturated heterocycles. The summed E-state index contributed by atoms with van der Waals surface area (Å²) in [5.74, 6) is -10.8. The fraction of sp³-hybridized carbons (Fsp3) is 0.489. The maximum atomic E-state index is 14.2. The lowest BCUT2D eigenvalue weighted by Gasteiger charge is -2.30. The van der Waals surface area contributed by atoms with Gasteiger partial charge in [-0.05, 0) is 50.3 Å². The van der Waals surface area contributed by atoms with E-state index >= 15 is 0 Å². The molecule has 72 heavy (non-hydrogen) atoms. The van der Waals surface area contributed by atoms with Crippen LogP contribution in [0.4, 0.5) is 4.79 Å². The summed E-state index contributed by atoms with van der Waals surface area (Å²) in [5.41, 5.74) is 1.39. The third-order valence-corrected chi connectivity index (χ3v) is 11.5. The first-order valence-corrected chi connectivity index (χ1v) is 23.4. The number of thiol groups is 1. The topological polar surface area (TPSA) is 370 Å². The number of carbonyl (C=O) groups is 12. The van der Waals surface area contributed by atoms with E-state index in [1.54, 1.807) is 60.7 Å². The molecule has 394 valence electrons. The van der Waals surface area contributed by atoms with E-state index in [0.29, 0.717) is 11.1 Å². The number of aliphatic carboxylic acids is 4. The molecule has 0 aromatic heterocycles. The quantitative estimate of drug-likeness (QED) is 0.0186. The Hall–Kier alpha value is -7.41. The van der Waals surface area contributed by atoms with Crippen LogP contribution < -0.4 is 31.9 Å². The number of Topliss-reactive ketones (excluding diaryl/α,β-unsaturated/α-hetero) is 2. The van der Waals surface area contributed by atoms with Crippen molar-refractivity contribution >= 4 is 84.2 Å². The molecule has 2 aromatic rings. The summed E-state index contributed by atoms with van der Waals surface area (Å²) in [5, 5.41) is 51.9. The van der Waals surface area contributed by atoms with Gasteiger partial charge in [-0.1, -0.05) is 60.7 Å². The fourth-order valence-electron chi connectivity index (χ4n) is 7.12. The maximum absolute atomic E-state index is 14.2. The van der Waals surface area contributed by atoms with Gasteiger partial charge < -0.3 is 62.0 Å². The molecule has 0 aliphatic carbocycles. The third-order valence-electron chi connectivity index (χ3n) is 11.1. The minimum Gasteiger partial charge on any atom is -0.481 e. The Morgan fingerprint density at radius 3 is 1.79 bits per heavy atom. The van der Waals surface area contributed by atoms with E-state index in [-0.39, 0.29) is 88.8 Å². The standard InChI is InChI=1S/C47H63N7O17S/c1-48-34(44(65)54(2)36(24-41(61)62)43(64)51-35(26-72)46(68)69)25-49-42(63)30(21-28-11-5-3-6-12-28)23-37(57)33(22-29-13-7-4-8-14-29)50-38(58)16-10-9-15-31(56)17-18-32(45(66)67)52-47(70)53-39(71-27-55)19-20-40(59)60/h3-8,11-14,27,30,32-36,39,48,72H,9-10,15-26H2,1-2H3,(H,49,63)(H,50,58)(H,51,64)(H,59,60)(H,61,62)(H,66,67)(H,68,69)(H2,52,53,70)/t30-,32+,33+,34+,35+,36+,39-/m1/s1. The van der Waals surface area contributed by atoms with Crippen LogP contribution in [0.2, 0.25) is 0 Å². The van der Waals surface area contributed by atoms with Crippen molar-refractivity contribution in [3.05, 3.63) is 71.8 Å². The predicted octanol–water partition coefficient (Wildman–Crippen LogP) is 0.0631. The highest BCUT2D eigenvalue weighted by Gasteiger charge is 2.35. The molecule has 0 bridgehead atoms. The van der Waals surface area contributed by atoms with Crippen LogP contribution in [0.3, 0.4) is 0 Å². The van der Waals surface area contributed by atoms with E-state index in [1.165, 1.54) is 7.05 Å². The number of rotatable bonds is 36. The van der Waals surface area contributed by atoms with Crippen LogP contribution in [0.1, 0.15) is 75.3 Å². The van der Waals surface area contributed by atoms with Gasteiger partial charge in [0.15, 0.2) is 12.0 Å². The van der Waals surface area contributed by atoms with Crippen LogP contribution >= 0.6 is 12.6 Å². The number of urea groups is 1. The van der Waals surface area contributed by atoms with Crippen LogP contribution in [-0.4, -0.2) is 160 Å². The van der Waals surface area contributed by atoms with Crippen molar-refractivity contribution in [2.24, 2.45) is 5.92 Å². The predicted molar refractivity (Wildman–Crippen MR) is 257 cm³/mol. The van der Waals surface area contributed by atoms with Gasteiger partial charge >= 0.3 is 29.9 Å². The molecule has 2 rings (SSSR count). The number of carboxylic acids is 4. The molecular weight excluding hydrogens is 967 g/mol. The number of unbranched alkanes of at least 4 members (excludes halogenated alkanes) is 1. The molecule has 24 nitrogen and oxygen atoms in total. The molecule has 0 aliphatic rings. The third kappa shape index (κ3) is 23.0. The number of ketones is 2. The van der Waals surface area contributed by atoms with Crippen molar-refractivity contribution in [2.75, 3.05) is 26.4 Å². The van der Waals surface area contributed by atoms with E-state index in [1.807, 2.05) is 0 Å². The lowest BCUT2D eigenvalue weighted by atomic mass is 9.89. The molecule has 7 atom stereocenters. The minimum atomic E-state index is -1.64. The average Bonchev–Trinajstić information content (AvgIpc) is 3.33. The molecule has 0 unspecified atom stereocenters.